The summed E-state index contributed by atoms with van der Waals surface area (Å²) in [6.45, 7) is 4.51. The quantitative estimate of drug-likeness (QED) is 0.0287. The largest absolute Gasteiger partial charge is 0.494 e. The van der Waals surface area contributed by atoms with Crippen LogP contribution in [-0.4, -0.2) is 67.0 Å². The molecule has 0 saturated carbocycles. The summed E-state index contributed by atoms with van der Waals surface area (Å²) in [5.74, 6) is 2.09. The highest BCUT2D eigenvalue weighted by Gasteiger charge is 2.18. The number of aliphatic hydroxyl groups is 1. The zero-order valence-corrected chi connectivity index (χ0v) is 28.7. The van der Waals surface area contributed by atoms with Gasteiger partial charge in [-0.3, -0.25) is 9.18 Å². The molecule has 0 radical (unpaired) electrons. The van der Waals surface area contributed by atoms with Crippen LogP contribution < -0.4 is 10.1 Å². The van der Waals surface area contributed by atoms with E-state index in [9.17, 15) is 18.8 Å². The Morgan fingerprint density at radius 3 is 2.09 bits per heavy atom. The maximum absolute atomic E-state index is 12.3. The van der Waals surface area contributed by atoms with Gasteiger partial charge in [0.15, 0.2) is 0 Å². The second-order valence-corrected chi connectivity index (χ2v) is 11.8. The summed E-state index contributed by atoms with van der Waals surface area (Å²) in [7, 11) is 1.00. The number of aliphatic hydroxyl groups excluding tert-OH is 1. The lowest BCUT2D eigenvalue weighted by Crippen LogP contribution is -2.31. The summed E-state index contributed by atoms with van der Waals surface area (Å²) in [6, 6.07) is 7.12. The molecule has 1 aromatic carbocycles. The number of aldehydes is 1. The molecule has 10 heteroatoms. The maximum Gasteiger partial charge on any atom is 0.345 e. The van der Waals surface area contributed by atoms with Crippen LogP contribution >= 0.6 is 11.8 Å². The number of amides is 1. The maximum atomic E-state index is 12.3. The van der Waals surface area contributed by atoms with Gasteiger partial charge in [0.25, 0.3) is 0 Å². The van der Waals surface area contributed by atoms with Crippen molar-refractivity contribution in [1.29, 1.82) is 0 Å². The molecule has 260 valence electrons. The van der Waals surface area contributed by atoms with Gasteiger partial charge in [0, 0.05) is 7.11 Å². The second kappa shape index (κ2) is 36.0. The number of thioether (sulfide) groups is 1. The van der Waals surface area contributed by atoms with Crippen molar-refractivity contribution in [2.75, 3.05) is 31.9 Å². The minimum Gasteiger partial charge on any atom is -0.494 e. The van der Waals surface area contributed by atoms with Gasteiger partial charge < -0.3 is 24.8 Å². The second-order valence-electron chi connectivity index (χ2n) is 10.6. The van der Waals surface area contributed by atoms with Crippen LogP contribution in [-0.2, 0) is 25.7 Å². The first kappa shape index (κ1) is 44.7. The topological polar surface area (TPSA) is 122 Å². The van der Waals surface area contributed by atoms with Gasteiger partial charge in [-0.15, -0.1) is 0 Å². The van der Waals surface area contributed by atoms with Crippen molar-refractivity contribution >= 4 is 30.4 Å². The molecule has 0 bridgehead atoms. The lowest BCUT2D eigenvalue weighted by atomic mass is 10.0. The Balaban J connectivity index is 0. The molecule has 0 aliphatic carbocycles. The van der Waals surface area contributed by atoms with Crippen LogP contribution in [0.5, 0.6) is 5.75 Å². The lowest BCUT2D eigenvalue weighted by molar-refractivity contribution is -0.239. The van der Waals surface area contributed by atoms with E-state index in [0.717, 1.165) is 57.0 Å². The van der Waals surface area contributed by atoms with Gasteiger partial charge >= 0.3 is 5.97 Å². The van der Waals surface area contributed by atoms with Crippen molar-refractivity contribution in [3.63, 3.8) is 0 Å². The van der Waals surface area contributed by atoms with Gasteiger partial charge in [-0.05, 0) is 80.6 Å². The Morgan fingerprint density at radius 1 is 0.911 bits per heavy atom. The highest BCUT2D eigenvalue weighted by atomic mass is 32.2. The average Bonchev–Trinajstić information content (AvgIpc) is 3.07. The zero-order chi connectivity index (χ0) is 33.8. The third-order valence-electron chi connectivity index (χ3n) is 6.86. The Bertz CT molecular complexity index is 827. The van der Waals surface area contributed by atoms with Crippen LogP contribution in [0.2, 0.25) is 0 Å². The summed E-state index contributed by atoms with van der Waals surface area (Å²) >= 11 is 2.09. The fraction of sp³-hybridized carbons (Fsp3) is 0.686. The van der Waals surface area contributed by atoms with Crippen molar-refractivity contribution in [1.82, 2.24) is 5.32 Å². The smallest absolute Gasteiger partial charge is 0.345 e. The Morgan fingerprint density at radius 2 is 1.53 bits per heavy atom. The van der Waals surface area contributed by atoms with Gasteiger partial charge in [-0.1, -0.05) is 83.1 Å². The number of unbranched alkanes of at least 4 members (excludes halogenated alkanes) is 9. The van der Waals surface area contributed by atoms with E-state index in [4.69, 9.17) is 15.1 Å². The first-order valence-corrected chi connectivity index (χ1v) is 17.7. The number of alkyl halides is 1. The number of allylic oxidation sites excluding steroid dienone is 2. The van der Waals surface area contributed by atoms with Crippen molar-refractivity contribution < 1.29 is 38.8 Å². The molecule has 0 spiro atoms. The SMILES string of the molecule is CCCCCCCSCCCCCC/C=C/CC(CCF)C(=O)OO.CCCCOc1ccc(CC(C=O)NC=O)cc1.CO. The van der Waals surface area contributed by atoms with E-state index in [-0.39, 0.29) is 6.42 Å². The van der Waals surface area contributed by atoms with Crippen LogP contribution in [0.4, 0.5) is 4.39 Å². The average molecular weight is 658 g/mol. The van der Waals surface area contributed by atoms with Gasteiger partial charge in [-0.2, -0.15) is 17.0 Å². The molecule has 1 rings (SSSR count). The van der Waals surface area contributed by atoms with Crippen LogP contribution in [0.15, 0.2) is 36.4 Å². The molecule has 45 heavy (non-hydrogen) atoms. The minimum absolute atomic E-state index is 0.0972. The number of nitrogens with one attached hydrogen (secondary N) is 1. The van der Waals surface area contributed by atoms with E-state index in [1.165, 1.54) is 62.9 Å². The summed E-state index contributed by atoms with van der Waals surface area (Å²) in [5, 5.41) is 17.8. The van der Waals surface area contributed by atoms with Crippen LogP contribution in [0.1, 0.15) is 109 Å². The number of carbonyl (C=O) groups is 3. The Kier molecular flexibility index (Phi) is 35.8. The first-order chi connectivity index (χ1) is 22.1. The molecule has 1 aromatic rings. The predicted octanol–water partition coefficient (Wildman–Crippen LogP) is 7.91. The third kappa shape index (κ3) is 28.8. The first-order valence-electron chi connectivity index (χ1n) is 16.5. The van der Waals surface area contributed by atoms with E-state index in [0.29, 0.717) is 19.3 Å². The zero-order valence-electron chi connectivity index (χ0n) is 27.9. The van der Waals surface area contributed by atoms with Gasteiger partial charge in [0.05, 0.1) is 25.2 Å². The van der Waals surface area contributed by atoms with E-state index in [1.54, 1.807) is 0 Å². The Hall–Kier alpha value is -2.43. The standard InChI is InChI=1S/C20H37FO3S.C14H19NO3.CH4O/c1-2-3-4-9-12-17-25-18-13-10-7-5-6-8-11-14-19(15-16-21)20(22)24-23;1-2-3-8-18-14-6-4-12(5-7-14)9-13(10-16)15-11-17;1-2/h8,11,19,23H,2-7,9-10,12-18H2,1H3;4-7,10-11,13H,2-3,8-9H2,1H3,(H,15,17);2H,1H3/b11-8+;;. The molecule has 0 aliphatic heterocycles. The van der Waals surface area contributed by atoms with E-state index >= 15 is 0 Å². The molecule has 2 unspecified atom stereocenters. The van der Waals surface area contributed by atoms with Gasteiger partial charge in [0.2, 0.25) is 6.41 Å². The summed E-state index contributed by atoms with van der Waals surface area (Å²) in [5.41, 5.74) is 0.990. The molecule has 1 amide bonds. The van der Waals surface area contributed by atoms with Crippen molar-refractivity contribution in [2.45, 2.75) is 116 Å². The monoisotopic (exact) mass is 657 g/mol. The normalized spacial score (nSPS) is 11.8. The number of ether oxygens (including phenoxy) is 1. The number of rotatable bonds is 27. The molecule has 2 atom stereocenters. The molecule has 0 fully saturated rings. The van der Waals surface area contributed by atoms with Crippen LogP contribution in [0.3, 0.4) is 0 Å². The molecular formula is C35H60FNO7S. The molecule has 0 heterocycles. The fourth-order valence-electron chi connectivity index (χ4n) is 4.19. The van der Waals surface area contributed by atoms with E-state index in [1.807, 2.05) is 36.4 Å². The predicted molar refractivity (Wildman–Crippen MR) is 183 cm³/mol. The summed E-state index contributed by atoms with van der Waals surface area (Å²) in [4.78, 5) is 35.9. The number of hydrogen-bond donors (Lipinski definition) is 3. The fourth-order valence-corrected chi connectivity index (χ4v) is 5.21. The van der Waals surface area contributed by atoms with Crippen molar-refractivity contribution in [3.05, 3.63) is 42.0 Å². The van der Waals surface area contributed by atoms with Gasteiger partial charge in [-0.25, -0.2) is 4.79 Å². The number of carbonyl (C=O) groups excluding carboxylic acids is 3. The lowest BCUT2D eigenvalue weighted by Gasteiger charge is -2.10. The molecule has 8 nitrogen and oxygen atoms in total. The van der Waals surface area contributed by atoms with E-state index < -0.39 is 24.6 Å². The summed E-state index contributed by atoms with van der Waals surface area (Å²) in [6.07, 6.45) is 21.2. The van der Waals surface area contributed by atoms with Crippen LogP contribution in [0, 0.1) is 5.92 Å². The van der Waals surface area contributed by atoms with Crippen molar-refractivity contribution in [3.8, 4) is 5.75 Å². The molecular weight excluding hydrogens is 597 g/mol. The highest BCUT2D eigenvalue weighted by molar-refractivity contribution is 7.99. The minimum atomic E-state index is -0.745. The molecule has 0 aliphatic rings. The number of hydrogen-bond acceptors (Lipinski definition) is 8. The van der Waals surface area contributed by atoms with Crippen molar-refractivity contribution in [2.24, 2.45) is 5.92 Å². The number of benzene rings is 1. The number of halogens is 1. The molecule has 0 saturated heterocycles. The molecule has 0 aromatic heterocycles. The Labute approximate surface area is 275 Å². The third-order valence-corrected chi connectivity index (χ3v) is 8.02. The highest BCUT2D eigenvalue weighted by Crippen LogP contribution is 2.15. The molecule has 3 N–H and O–H groups in total. The van der Waals surface area contributed by atoms with Gasteiger partial charge in [0.1, 0.15) is 12.0 Å². The summed E-state index contributed by atoms with van der Waals surface area (Å²) < 4.78 is 17.9. The van der Waals surface area contributed by atoms with Crippen LogP contribution in [0.25, 0.3) is 0 Å². The van der Waals surface area contributed by atoms with E-state index in [2.05, 4.69) is 35.8 Å².